The number of carbonyl (C=O) groups is 8. The molecule has 23 nitrogen and oxygen atoms in total. The molecular weight excluding hydrogens is 1390 g/mol. The van der Waals surface area contributed by atoms with Gasteiger partial charge in [-0.3, -0.25) is 46.7 Å². The maximum absolute atomic E-state index is 14.4. The molecule has 28 heteroatoms. The fourth-order valence-electron chi connectivity index (χ4n) is 12.2. The Labute approximate surface area is 562 Å². The molecule has 92 heavy (non-hydrogen) atoms. The number of carboxylic acid groups (broad SMARTS) is 1. The number of likely N-dealkylation sites (tertiary alicyclic amines) is 1. The summed E-state index contributed by atoms with van der Waals surface area (Å²) in [6.45, 7) is 20.1. The predicted molar refractivity (Wildman–Crippen MR) is 344 cm³/mol. The van der Waals surface area contributed by atoms with E-state index in [1.54, 1.807) is 78.0 Å². The van der Waals surface area contributed by atoms with E-state index in [1.165, 1.54) is 43.4 Å². The van der Waals surface area contributed by atoms with Crippen LogP contribution in [0.3, 0.4) is 0 Å². The summed E-state index contributed by atoms with van der Waals surface area (Å²) in [5.74, 6) is -5.90. The number of ether oxygens (including phenoxy) is 6. The minimum atomic E-state index is -4.24. The average Bonchev–Trinajstić information content (AvgIpc) is 1.59. The summed E-state index contributed by atoms with van der Waals surface area (Å²) < 4.78 is 94.8. The van der Waals surface area contributed by atoms with Crippen LogP contribution in [0.15, 0.2) is 92.6 Å². The van der Waals surface area contributed by atoms with Crippen LogP contribution in [0.5, 0.6) is 0 Å². The zero-order valence-electron chi connectivity index (χ0n) is 53.2. The monoisotopic (exact) mass is 1480 g/mol. The molecule has 10 atom stereocenters. The minimum absolute atomic E-state index is 0. The van der Waals surface area contributed by atoms with Gasteiger partial charge in [-0.2, -0.15) is 16.8 Å². The average molecular weight is 1480 g/mol. The number of methoxy groups -OCH3 is 2. The van der Waals surface area contributed by atoms with Crippen molar-refractivity contribution in [1.29, 1.82) is 0 Å². The number of carbonyl (C=O) groups excluding carboxylic acids is 7. The van der Waals surface area contributed by atoms with Crippen LogP contribution in [-0.2, 0) is 95.4 Å². The van der Waals surface area contributed by atoms with Crippen molar-refractivity contribution in [3.8, 4) is 0 Å². The summed E-state index contributed by atoms with van der Waals surface area (Å²) in [5.41, 5.74) is -3.25. The summed E-state index contributed by atoms with van der Waals surface area (Å²) in [6.07, 6.45) is 4.70. The molecule has 8 rings (SSSR count). The van der Waals surface area contributed by atoms with Crippen molar-refractivity contribution in [3.63, 3.8) is 0 Å². The van der Waals surface area contributed by atoms with Gasteiger partial charge in [-0.25, -0.2) is 0 Å². The van der Waals surface area contributed by atoms with Crippen LogP contribution in [0.25, 0.3) is 0 Å². The summed E-state index contributed by atoms with van der Waals surface area (Å²) >= 11 is 6.54. The van der Waals surface area contributed by atoms with Crippen molar-refractivity contribution < 1.29 is 97.1 Å². The maximum atomic E-state index is 14.4. The summed E-state index contributed by atoms with van der Waals surface area (Å²) in [5, 5.41) is 12.2. The molecule has 2 N–H and O–H groups in total. The Kier molecular flexibility index (Phi) is 28.0. The number of benzene rings is 2. The van der Waals surface area contributed by atoms with Gasteiger partial charge in [-0.1, -0.05) is 44.0 Å². The van der Waals surface area contributed by atoms with Crippen LogP contribution in [0.2, 0.25) is 0 Å². The highest BCUT2D eigenvalue weighted by Crippen LogP contribution is 2.58. The molecule has 1 amide bonds. The van der Waals surface area contributed by atoms with Gasteiger partial charge in [0.2, 0.25) is 5.91 Å². The van der Waals surface area contributed by atoms with E-state index < -0.39 is 120 Å². The number of nitrogens with zero attached hydrogens (tertiary/aromatic N) is 1. The fraction of sp³-hybridized carbons (Fsp3) is 0.625. The molecule has 6 aliphatic rings. The van der Waals surface area contributed by atoms with Crippen LogP contribution in [0.4, 0.5) is 0 Å². The number of rotatable bonds is 24. The number of ketones is 2. The SMILES string of the molecule is C=C[C@@H]1C[C@]1(CC(=O)[C@@H]1C[C@H](OS(=O)(=O)c2ccc(Br)cc2)CN1)C(=O)OC.C=C[C@@H]1C[C@]1(CC(=O)[C@@H]1C[C@H](OS(=O)(=O)c2ccc(Br)cc2)CN1C(=O)[C@@H](CC(=O)OC(C)(C)C)C1CCOCC1)C(=O)OC.CC(C)(C)OC(=O)C[C@H](C(=O)O)C1CCOCC1.Cl. The number of aliphatic carboxylic acids is 1. The Morgan fingerprint density at radius 2 is 1.05 bits per heavy atom. The Bertz CT molecular complexity index is 3200. The van der Waals surface area contributed by atoms with Crippen LogP contribution in [0.1, 0.15) is 119 Å². The van der Waals surface area contributed by atoms with Crippen molar-refractivity contribution in [2.45, 2.75) is 164 Å². The second-order valence-corrected chi connectivity index (χ2v) is 30.9. The molecule has 2 aromatic carbocycles. The van der Waals surface area contributed by atoms with Crippen LogP contribution < -0.4 is 5.32 Å². The van der Waals surface area contributed by atoms with Crippen molar-refractivity contribution in [3.05, 3.63) is 82.8 Å². The van der Waals surface area contributed by atoms with Gasteiger partial charge in [0.05, 0.1) is 83.8 Å². The number of Topliss-reactive ketones (excluding diaryl/α,β-unsaturated/α-hetero) is 2. The van der Waals surface area contributed by atoms with Crippen LogP contribution in [-0.4, -0.2) is 163 Å². The molecular formula is C64H87Br2ClN2O21S2. The van der Waals surface area contributed by atoms with E-state index in [2.05, 4.69) is 50.3 Å². The lowest BCUT2D eigenvalue weighted by Gasteiger charge is -2.34. The lowest BCUT2D eigenvalue weighted by molar-refractivity contribution is -0.162. The first-order valence-electron chi connectivity index (χ1n) is 30.3. The lowest BCUT2D eigenvalue weighted by Crippen LogP contribution is -2.47. The molecule has 0 aromatic heterocycles. The van der Waals surface area contributed by atoms with Crippen molar-refractivity contribution in [1.82, 2.24) is 10.2 Å². The third kappa shape index (κ3) is 21.3. The molecule has 4 aliphatic heterocycles. The third-order valence-electron chi connectivity index (χ3n) is 17.0. The molecule has 512 valence electrons. The highest BCUT2D eigenvalue weighted by atomic mass is 79.9. The van der Waals surface area contributed by atoms with Gasteiger partial charge in [0.1, 0.15) is 11.2 Å². The topological polar surface area (TPSA) is 314 Å². The lowest BCUT2D eigenvalue weighted by atomic mass is 9.82. The number of hydrogen-bond donors (Lipinski definition) is 2. The Hall–Kier alpha value is -4.97. The van der Waals surface area contributed by atoms with Crippen LogP contribution >= 0.6 is 44.3 Å². The molecule has 0 bridgehead atoms. The predicted octanol–water partition coefficient (Wildman–Crippen LogP) is 8.70. The second-order valence-electron chi connectivity index (χ2n) is 25.9. The van der Waals surface area contributed by atoms with Gasteiger partial charge in [-0.05, 0) is 159 Å². The number of esters is 4. The Morgan fingerprint density at radius 3 is 1.45 bits per heavy atom. The number of halogens is 3. The molecule has 6 fully saturated rings. The zero-order chi connectivity index (χ0) is 67.4. The van der Waals surface area contributed by atoms with Gasteiger partial charge in [0, 0.05) is 67.7 Å². The zero-order valence-corrected chi connectivity index (χ0v) is 58.9. The summed E-state index contributed by atoms with van der Waals surface area (Å²) in [7, 11) is -5.60. The summed E-state index contributed by atoms with van der Waals surface area (Å²) in [4.78, 5) is 103. The van der Waals surface area contributed by atoms with E-state index in [1.807, 2.05) is 0 Å². The molecule has 2 saturated carbocycles. The van der Waals surface area contributed by atoms with E-state index >= 15 is 0 Å². The highest BCUT2D eigenvalue weighted by molar-refractivity contribution is 9.10. The van der Waals surface area contributed by atoms with Crippen molar-refractivity contribution in [2.24, 2.45) is 46.3 Å². The van der Waals surface area contributed by atoms with E-state index in [4.69, 9.17) is 36.8 Å². The quantitative estimate of drug-likeness (QED) is 0.0429. The van der Waals surface area contributed by atoms with E-state index in [0.717, 1.165) is 4.47 Å². The van der Waals surface area contributed by atoms with Crippen LogP contribution in [0, 0.1) is 46.3 Å². The molecule has 2 aliphatic carbocycles. The van der Waals surface area contributed by atoms with Gasteiger partial charge >= 0.3 is 29.8 Å². The highest BCUT2D eigenvalue weighted by Gasteiger charge is 2.62. The molecule has 4 heterocycles. The number of hydrogen-bond acceptors (Lipinski definition) is 21. The van der Waals surface area contributed by atoms with Gasteiger partial charge in [0.15, 0.2) is 11.6 Å². The Balaban J connectivity index is 0.000000277. The van der Waals surface area contributed by atoms with E-state index in [9.17, 15) is 60.3 Å². The van der Waals surface area contributed by atoms with Gasteiger partial charge in [0.25, 0.3) is 20.2 Å². The number of carboxylic acids is 1. The smallest absolute Gasteiger partial charge is 0.312 e. The van der Waals surface area contributed by atoms with Gasteiger partial charge in [-0.15, -0.1) is 25.6 Å². The molecule has 2 aromatic rings. The minimum Gasteiger partial charge on any atom is -0.481 e. The van der Waals surface area contributed by atoms with E-state index in [0.29, 0.717) is 69.4 Å². The molecule has 0 spiro atoms. The molecule has 0 radical (unpaired) electrons. The summed E-state index contributed by atoms with van der Waals surface area (Å²) in [6, 6.07) is 10.4. The first-order valence-corrected chi connectivity index (χ1v) is 34.7. The number of amides is 1. The number of allylic oxidation sites excluding steroid dienone is 2. The fourth-order valence-corrected chi connectivity index (χ4v) is 14.9. The van der Waals surface area contributed by atoms with Gasteiger partial charge < -0.3 is 43.7 Å². The standard InChI is InChI=1S/C32H42BrNO10S.C19H22BrNO6S.C13H22O5.ClH/c1-6-21-17-32(21,30(38)41-5)18-27(35)26-15-23(44-45(39,40)24-9-7-22(33)8-10-24)19-34(26)29(37)25(20-11-13-42-14-12-20)16-28(36)43-31(2,3)4;1-3-12-9-19(12,18(23)26-2)10-17(22)16-8-14(11-21-16)27-28(24,25)15-6-4-13(20)5-7-15;1-13(2,3)18-11(14)8-10(12(15)16)9-4-6-17-7-5-9;/h6-10,20-21,23,25-26H,1,11-19H2,2-5H3;3-7,12,14,16,21H,1,8-11H2,2H3;9-10H,4-8H2,1-3H3,(H,15,16);1H/t21-,23+,25+,26+,32-;12-,14+,16+,19-;10-;/m110./s1. The third-order valence-corrected chi connectivity index (χ3v) is 20.9. The first-order chi connectivity index (χ1) is 42.6. The van der Waals surface area contributed by atoms with E-state index in [-0.39, 0.29) is 103 Å². The second kappa shape index (κ2) is 33.1. The largest absolute Gasteiger partial charge is 0.481 e. The van der Waals surface area contributed by atoms with Crippen molar-refractivity contribution >= 4 is 112 Å². The number of nitrogens with one attached hydrogen (secondary N) is 1. The normalized spacial score (nSPS) is 25.5. The van der Waals surface area contributed by atoms with Crippen molar-refractivity contribution in [2.75, 3.05) is 53.7 Å². The molecule has 4 saturated heterocycles. The molecule has 0 unspecified atom stereocenters. The maximum Gasteiger partial charge on any atom is 0.312 e. The first kappa shape index (κ1) is 77.7. The Morgan fingerprint density at radius 1 is 0.652 bits per heavy atom.